The highest BCUT2D eigenvalue weighted by Crippen LogP contribution is 2.28. The lowest BCUT2D eigenvalue weighted by Gasteiger charge is -2.19. The minimum atomic E-state index is -0.987. The van der Waals surface area contributed by atoms with Gasteiger partial charge in [-0.2, -0.15) is 0 Å². The number of rotatable bonds is 11. The Balaban J connectivity index is 1.62. The number of carboxylic acids is 1. The Morgan fingerprint density at radius 1 is 1.00 bits per heavy atom. The summed E-state index contributed by atoms with van der Waals surface area (Å²) in [5.41, 5.74) is 3.11. The van der Waals surface area contributed by atoms with E-state index in [1.54, 1.807) is 0 Å². The first-order valence-electron chi connectivity index (χ1n) is 11.9. The number of hydrogen-bond acceptors (Lipinski definition) is 5. The number of carbonyl (C=O) groups is 1. The molecule has 35 heavy (non-hydrogen) atoms. The van der Waals surface area contributed by atoms with Crippen LogP contribution in [0.2, 0.25) is 0 Å². The standard InChI is InChI=1S/C28H37NO6/c1-18(2)35-26(27(31)32)13-19-15-29(6)25-12-11-23(14-24(19)25)34-17-21(30)16-33-22-9-7-20(8-10-22)28(3,4)5/h7-12,14-15,18,21,26,30H,13,16-17H2,1-6H3,(H,31,32). The van der Waals surface area contributed by atoms with Crippen LogP contribution in [0.4, 0.5) is 0 Å². The van der Waals surface area contributed by atoms with Crippen LogP contribution < -0.4 is 9.47 Å². The van der Waals surface area contributed by atoms with Crippen molar-refractivity contribution in [2.24, 2.45) is 7.05 Å². The fourth-order valence-electron chi connectivity index (χ4n) is 3.91. The van der Waals surface area contributed by atoms with Gasteiger partial charge in [0.25, 0.3) is 0 Å². The van der Waals surface area contributed by atoms with Gasteiger partial charge in [-0.3, -0.25) is 0 Å². The van der Waals surface area contributed by atoms with Crippen molar-refractivity contribution in [2.75, 3.05) is 13.2 Å². The van der Waals surface area contributed by atoms with E-state index in [9.17, 15) is 15.0 Å². The summed E-state index contributed by atoms with van der Waals surface area (Å²) < 4.78 is 19.1. The van der Waals surface area contributed by atoms with Crippen molar-refractivity contribution in [3.05, 3.63) is 59.8 Å². The fourth-order valence-corrected chi connectivity index (χ4v) is 3.91. The van der Waals surface area contributed by atoms with E-state index < -0.39 is 18.2 Å². The Kier molecular flexibility index (Phi) is 8.46. The molecular formula is C28H37NO6. The maximum absolute atomic E-state index is 11.7. The van der Waals surface area contributed by atoms with Crippen LogP contribution in [-0.2, 0) is 28.4 Å². The van der Waals surface area contributed by atoms with Crippen molar-refractivity contribution in [3.8, 4) is 11.5 Å². The van der Waals surface area contributed by atoms with Gasteiger partial charge in [0.2, 0.25) is 0 Å². The topological polar surface area (TPSA) is 90.2 Å². The minimum Gasteiger partial charge on any atom is -0.491 e. The van der Waals surface area contributed by atoms with Crippen molar-refractivity contribution >= 4 is 16.9 Å². The molecule has 0 saturated heterocycles. The van der Waals surface area contributed by atoms with Gasteiger partial charge in [0.15, 0.2) is 6.10 Å². The van der Waals surface area contributed by atoms with Crippen molar-refractivity contribution in [2.45, 2.75) is 64.8 Å². The third-order valence-electron chi connectivity index (χ3n) is 5.77. The van der Waals surface area contributed by atoms with E-state index in [1.807, 2.05) is 74.1 Å². The Labute approximate surface area is 207 Å². The van der Waals surface area contributed by atoms with E-state index in [1.165, 1.54) is 5.56 Å². The van der Waals surface area contributed by atoms with Gasteiger partial charge in [0.05, 0.1) is 6.10 Å². The van der Waals surface area contributed by atoms with Crippen LogP contribution in [-0.4, -0.2) is 52.3 Å². The summed E-state index contributed by atoms with van der Waals surface area (Å²) in [6, 6.07) is 13.5. The molecule has 190 valence electrons. The summed E-state index contributed by atoms with van der Waals surface area (Å²) in [6.45, 7) is 10.3. The summed E-state index contributed by atoms with van der Waals surface area (Å²) in [5, 5.41) is 20.8. The third kappa shape index (κ3) is 7.23. The molecule has 0 aliphatic carbocycles. The highest BCUT2D eigenvalue weighted by atomic mass is 16.5. The molecular weight excluding hydrogens is 446 g/mol. The number of carboxylic acid groups (broad SMARTS) is 1. The van der Waals surface area contributed by atoms with Crippen LogP contribution in [0.1, 0.15) is 45.7 Å². The largest absolute Gasteiger partial charge is 0.491 e. The monoisotopic (exact) mass is 483 g/mol. The summed E-state index contributed by atoms with van der Waals surface area (Å²) in [4.78, 5) is 11.7. The lowest BCUT2D eigenvalue weighted by Crippen LogP contribution is -2.29. The first kappa shape index (κ1) is 26.6. The maximum Gasteiger partial charge on any atom is 0.333 e. The maximum atomic E-state index is 11.7. The van der Waals surface area contributed by atoms with Crippen molar-refractivity contribution in [1.82, 2.24) is 4.57 Å². The molecule has 3 rings (SSSR count). The predicted molar refractivity (Wildman–Crippen MR) is 136 cm³/mol. The molecule has 0 aliphatic heterocycles. The number of aliphatic hydroxyl groups excluding tert-OH is 1. The molecule has 2 unspecified atom stereocenters. The fraction of sp³-hybridized carbons (Fsp3) is 0.464. The summed E-state index contributed by atoms with van der Waals surface area (Å²) in [5.74, 6) is 0.304. The molecule has 3 aromatic rings. The summed E-state index contributed by atoms with van der Waals surface area (Å²) in [6.07, 6.45) is 0.242. The average Bonchev–Trinajstić information content (AvgIpc) is 3.09. The average molecular weight is 484 g/mol. The molecule has 0 aliphatic rings. The number of benzene rings is 2. The highest BCUT2D eigenvalue weighted by molar-refractivity contribution is 5.86. The van der Waals surface area contributed by atoms with Crippen LogP contribution in [0.25, 0.3) is 10.9 Å². The number of aryl methyl sites for hydroxylation is 1. The second-order valence-electron chi connectivity index (χ2n) is 10.2. The second kappa shape index (κ2) is 11.1. The summed E-state index contributed by atoms with van der Waals surface area (Å²) in [7, 11) is 1.92. The van der Waals surface area contributed by atoms with Crippen molar-refractivity contribution in [3.63, 3.8) is 0 Å². The lowest BCUT2D eigenvalue weighted by atomic mass is 9.87. The number of aliphatic hydroxyl groups is 1. The minimum absolute atomic E-state index is 0.0710. The Bertz CT molecular complexity index is 1130. The van der Waals surface area contributed by atoms with Crippen LogP contribution in [0.5, 0.6) is 11.5 Å². The van der Waals surface area contributed by atoms with E-state index in [0.717, 1.165) is 16.5 Å². The van der Waals surface area contributed by atoms with E-state index >= 15 is 0 Å². The van der Waals surface area contributed by atoms with E-state index in [4.69, 9.17) is 14.2 Å². The van der Waals surface area contributed by atoms with Gasteiger partial charge in [-0.25, -0.2) is 4.79 Å². The number of aromatic nitrogens is 1. The van der Waals surface area contributed by atoms with E-state index in [-0.39, 0.29) is 31.2 Å². The first-order chi connectivity index (χ1) is 16.4. The van der Waals surface area contributed by atoms with Crippen molar-refractivity contribution < 1.29 is 29.2 Å². The molecule has 7 nitrogen and oxygen atoms in total. The van der Waals surface area contributed by atoms with Gasteiger partial charge >= 0.3 is 5.97 Å². The summed E-state index contributed by atoms with van der Waals surface area (Å²) >= 11 is 0. The van der Waals surface area contributed by atoms with Gasteiger partial charge < -0.3 is 29.0 Å². The Morgan fingerprint density at radius 2 is 1.60 bits per heavy atom. The molecule has 2 N–H and O–H groups in total. The highest BCUT2D eigenvalue weighted by Gasteiger charge is 2.22. The van der Waals surface area contributed by atoms with Crippen LogP contribution in [0.3, 0.4) is 0 Å². The zero-order chi connectivity index (χ0) is 25.8. The number of fused-ring (bicyclic) bond motifs is 1. The van der Waals surface area contributed by atoms with Gasteiger partial charge in [-0.15, -0.1) is 0 Å². The zero-order valence-corrected chi connectivity index (χ0v) is 21.4. The number of aliphatic carboxylic acids is 1. The molecule has 2 aromatic carbocycles. The van der Waals surface area contributed by atoms with Crippen LogP contribution in [0, 0.1) is 0 Å². The normalized spacial score (nSPS) is 13.7. The van der Waals surface area contributed by atoms with Gasteiger partial charge in [-0.05, 0) is 60.7 Å². The molecule has 7 heteroatoms. The predicted octanol–water partition coefficient (Wildman–Crippen LogP) is 4.72. The molecule has 2 atom stereocenters. The van der Waals surface area contributed by atoms with E-state index in [2.05, 4.69) is 20.8 Å². The van der Waals surface area contributed by atoms with Gasteiger partial charge in [-0.1, -0.05) is 32.9 Å². The Morgan fingerprint density at radius 3 is 2.17 bits per heavy atom. The molecule has 1 heterocycles. The molecule has 1 aromatic heterocycles. The molecule has 0 amide bonds. The quantitative estimate of drug-likeness (QED) is 0.410. The van der Waals surface area contributed by atoms with E-state index in [0.29, 0.717) is 11.5 Å². The Hall–Kier alpha value is -3.03. The number of hydrogen-bond donors (Lipinski definition) is 2. The smallest absolute Gasteiger partial charge is 0.333 e. The first-order valence-corrected chi connectivity index (χ1v) is 11.9. The van der Waals surface area contributed by atoms with Crippen LogP contribution in [0.15, 0.2) is 48.7 Å². The van der Waals surface area contributed by atoms with Gasteiger partial charge in [0.1, 0.15) is 30.8 Å². The number of ether oxygens (including phenoxy) is 3. The van der Waals surface area contributed by atoms with Gasteiger partial charge in [0, 0.05) is 30.6 Å². The molecule has 0 saturated carbocycles. The van der Waals surface area contributed by atoms with Crippen molar-refractivity contribution in [1.29, 1.82) is 0 Å². The molecule has 0 radical (unpaired) electrons. The lowest BCUT2D eigenvalue weighted by molar-refractivity contribution is -0.153. The molecule has 0 fully saturated rings. The molecule has 0 bridgehead atoms. The third-order valence-corrected chi connectivity index (χ3v) is 5.77. The second-order valence-corrected chi connectivity index (χ2v) is 10.2. The zero-order valence-electron chi connectivity index (χ0n) is 21.4. The number of nitrogens with zero attached hydrogens (tertiary/aromatic N) is 1. The van der Waals surface area contributed by atoms with Crippen LogP contribution >= 0.6 is 0 Å². The SMILES string of the molecule is CC(C)OC(Cc1cn(C)c2ccc(OCC(O)COc3ccc(C(C)(C)C)cc3)cc12)C(=O)O. The molecule has 0 spiro atoms.